The molecule has 0 aliphatic rings. The highest BCUT2D eigenvalue weighted by atomic mass is 14.8. The lowest BCUT2D eigenvalue weighted by Gasteiger charge is -2.04. The predicted molar refractivity (Wildman–Crippen MR) is 83.0 cm³/mol. The Kier molecular flexibility index (Phi) is 4.62. The van der Waals surface area contributed by atoms with Crippen molar-refractivity contribution in [2.45, 2.75) is 20.3 Å². The number of hydrogen-bond donors (Lipinski definition) is 0. The highest BCUT2D eigenvalue weighted by Crippen LogP contribution is 2.14. The number of para-hydroxylation sites is 2. The van der Waals surface area contributed by atoms with Crippen LogP contribution in [0.3, 0.4) is 0 Å². The van der Waals surface area contributed by atoms with Gasteiger partial charge in [0.25, 0.3) is 0 Å². The van der Waals surface area contributed by atoms with Crippen molar-refractivity contribution in [2.75, 3.05) is 0 Å². The van der Waals surface area contributed by atoms with Crippen LogP contribution in [0, 0.1) is 0 Å². The van der Waals surface area contributed by atoms with Crippen LogP contribution in [0.2, 0.25) is 0 Å². The Labute approximate surface area is 114 Å². The van der Waals surface area contributed by atoms with E-state index < -0.39 is 0 Å². The van der Waals surface area contributed by atoms with Crippen LogP contribution in [0.15, 0.2) is 70.6 Å². The monoisotopic (exact) mass is 250 g/mol. The minimum absolute atomic E-state index is 0.872. The molecule has 96 valence electrons. The van der Waals surface area contributed by atoms with Gasteiger partial charge in [0, 0.05) is 0 Å². The molecule has 0 aliphatic carbocycles. The molecule has 0 bridgehead atoms. The summed E-state index contributed by atoms with van der Waals surface area (Å²) in [7, 11) is 0. The van der Waals surface area contributed by atoms with Crippen LogP contribution < -0.4 is 0 Å². The van der Waals surface area contributed by atoms with Gasteiger partial charge in [-0.15, -0.1) is 0 Å². The second-order valence-electron chi connectivity index (χ2n) is 4.28. The highest BCUT2D eigenvalue weighted by molar-refractivity contribution is 6.42. The summed E-state index contributed by atoms with van der Waals surface area (Å²) in [6.07, 6.45) is 0.872. The summed E-state index contributed by atoms with van der Waals surface area (Å²) in [5.41, 5.74) is 3.93. The molecule has 2 rings (SSSR count). The van der Waals surface area contributed by atoms with Gasteiger partial charge in [-0.2, -0.15) is 0 Å². The van der Waals surface area contributed by atoms with Crippen LogP contribution in [0.25, 0.3) is 0 Å². The lowest BCUT2D eigenvalue weighted by molar-refractivity contribution is 1.28. The zero-order valence-corrected chi connectivity index (χ0v) is 11.4. The summed E-state index contributed by atoms with van der Waals surface area (Å²) >= 11 is 0. The molecule has 2 aromatic carbocycles. The Morgan fingerprint density at radius 3 is 1.74 bits per heavy atom. The third-order valence-electron chi connectivity index (χ3n) is 2.83. The lowest BCUT2D eigenvalue weighted by atomic mass is 10.2. The standard InChI is InChI=1S/C17H18N2/c1-3-17(19-16-12-8-5-9-13-16)14(2)18-15-10-6-4-7-11-15/h4-13H,3H2,1-2H3. The maximum Gasteiger partial charge on any atom is 0.0633 e. The number of rotatable bonds is 4. The van der Waals surface area contributed by atoms with Crippen LogP contribution in [-0.4, -0.2) is 11.4 Å². The third kappa shape index (κ3) is 3.88. The van der Waals surface area contributed by atoms with Crippen LogP contribution in [0.5, 0.6) is 0 Å². The Hall–Kier alpha value is -2.22. The van der Waals surface area contributed by atoms with Crippen molar-refractivity contribution in [3.63, 3.8) is 0 Å². The molecule has 0 N–H and O–H groups in total. The number of nitrogens with zero attached hydrogens (tertiary/aromatic N) is 2. The van der Waals surface area contributed by atoms with Gasteiger partial charge in [-0.1, -0.05) is 43.3 Å². The van der Waals surface area contributed by atoms with E-state index in [1.54, 1.807) is 0 Å². The highest BCUT2D eigenvalue weighted by Gasteiger charge is 2.02. The van der Waals surface area contributed by atoms with Crippen molar-refractivity contribution in [3.05, 3.63) is 60.7 Å². The van der Waals surface area contributed by atoms with Crippen molar-refractivity contribution >= 4 is 22.8 Å². The van der Waals surface area contributed by atoms with Crippen LogP contribution >= 0.6 is 0 Å². The largest absolute Gasteiger partial charge is 0.252 e. The van der Waals surface area contributed by atoms with E-state index in [4.69, 9.17) is 0 Å². The normalized spacial score (nSPS) is 12.5. The fourth-order valence-electron chi connectivity index (χ4n) is 1.83. The molecule has 0 fully saturated rings. The van der Waals surface area contributed by atoms with Crippen LogP contribution in [-0.2, 0) is 0 Å². The molecule has 0 saturated heterocycles. The lowest BCUT2D eigenvalue weighted by Crippen LogP contribution is -2.08. The average Bonchev–Trinajstić information content (AvgIpc) is 2.47. The summed E-state index contributed by atoms with van der Waals surface area (Å²) in [4.78, 5) is 9.27. The second-order valence-corrected chi connectivity index (χ2v) is 4.28. The van der Waals surface area contributed by atoms with Crippen molar-refractivity contribution in [1.29, 1.82) is 0 Å². The van der Waals surface area contributed by atoms with Gasteiger partial charge in [0.05, 0.1) is 22.8 Å². The van der Waals surface area contributed by atoms with Crippen LogP contribution in [0.4, 0.5) is 11.4 Å². The van der Waals surface area contributed by atoms with E-state index in [0.29, 0.717) is 0 Å². The van der Waals surface area contributed by atoms with Gasteiger partial charge in [0.2, 0.25) is 0 Å². The van der Waals surface area contributed by atoms with Gasteiger partial charge in [0.1, 0.15) is 0 Å². The van der Waals surface area contributed by atoms with Crippen LogP contribution in [0.1, 0.15) is 20.3 Å². The summed E-state index contributed by atoms with van der Waals surface area (Å²) in [6, 6.07) is 20.0. The Bertz CT molecular complexity index is 569. The molecular weight excluding hydrogens is 232 g/mol. The van der Waals surface area contributed by atoms with Gasteiger partial charge in [0.15, 0.2) is 0 Å². The first-order valence-corrected chi connectivity index (χ1v) is 6.53. The molecule has 0 unspecified atom stereocenters. The van der Waals surface area contributed by atoms with E-state index in [0.717, 1.165) is 29.2 Å². The van der Waals surface area contributed by atoms with E-state index in [1.165, 1.54) is 0 Å². The molecule has 0 aliphatic heterocycles. The molecule has 2 aromatic rings. The van der Waals surface area contributed by atoms with Crippen molar-refractivity contribution in [1.82, 2.24) is 0 Å². The molecule has 2 heteroatoms. The second kappa shape index (κ2) is 6.64. The van der Waals surface area contributed by atoms with Crippen molar-refractivity contribution in [3.8, 4) is 0 Å². The summed E-state index contributed by atoms with van der Waals surface area (Å²) in [5, 5.41) is 0. The van der Waals surface area contributed by atoms with Gasteiger partial charge in [-0.05, 0) is 37.6 Å². The van der Waals surface area contributed by atoms with Crippen molar-refractivity contribution < 1.29 is 0 Å². The first kappa shape index (κ1) is 13.2. The summed E-state index contributed by atoms with van der Waals surface area (Å²) in [6.45, 7) is 4.12. The van der Waals surface area contributed by atoms with E-state index in [9.17, 15) is 0 Å². The molecule has 0 spiro atoms. The van der Waals surface area contributed by atoms with E-state index >= 15 is 0 Å². The van der Waals surface area contributed by atoms with Gasteiger partial charge < -0.3 is 0 Å². The Morgan fingerprint density at radius 2 is 1.26 bits per heavy atom. The van der Waals surface area contributed by atoms with Crippen molar-refractivity contribution in [2.24, 2.45) is 9.98 Å². The summed E-state index contributed by atoms with van der Waals surface area (Å²) < 4.78 is 0. The summed E-state index contributed by atoms with van der Waals surface area (Å²) in [5.74, 6) is 0. The quantitative estimate of drug-likeness (QED) is 0.685. The molecule has 0 saturated carbocycles. The molecule has 0 heterocycles. The number of benzene rings is 2. The first-order chi connectivity index (χ1) is 9.29. The van der Waals surface area contributed by atoms with Gasteiger partial charge in [-0.3, -0.25) is 9.98 Å². The van der Waals surface area contributed by atoms with Gasteiger partial charge >= 0.3 is 0 Å². The number of aliphatic imine (C=N–C) groups is 2. The van der Waals surface area contributed by atoms with Gasteiger partial charge in [-0.25, -0.2) is 0 Å². The van der Waals surface area contributed by atoms with E-state index in [2.05, 4.69) is 16.9 Å². The Balaban J connectivity index is 2.27. The number of hydrogen-bond acceptors (Lipinski definition) is 2. The average molecular weight is 250 g/mol. The SMILES string of the molecule is CCC(=Nc1ccccc1)C(C)=Nc1ccccc1. The maximum atomic E-state index is 4.66. The third-order valence-corrected chi connectivity index (χ3v) is 2.83. The van der Waals surface area contributed by atoms with E-state index in [1.807, 2.05) is 67.6 Å². The fourth-order valence-corrected chi connectivity index (χ4v) is 1.83. The molecule has 0 radical (unpaired) electrons. The topological polar surface area (TPSA) is 24.7 Å². The molecule has 2 nitrogen and oxygen atoms in total. The zero-order chi connectivity index (χ0) is 13.5. The molecular formula is C17H18N2. The molecule has 0 amide bonds. The maximum absolute atomic E-state index is 4.66. The minimum Gasteiger partial charge on any atom is -0.252 e. The first-order valence-electron chi connectivity index (χ1n) is 6.53. The fraction of sp³-hybridized carbons (Fsp3) is 0.176. The predicted octanol–water partition coefficient (Wildman–Crippen LogP) is 4.96. The molecule has 0 aromatic heterocycles. The van der Waals surface area contributed by atoms with E-state index in [-0.39, 0.29) is 0 Å². The smallest absolute Gasteiger partial charge is 0.0633 e. The minimum atomic E-state index is 0.872. The Morgan fingerprint density at radius 1 is 0.789 bits per heavy atom. The zero-order valence-electron chi connectivity index (χ0n) is 11.4. The molecule has 0 atom stereocenters. The molecule has 19 heavy (non-hydrogen) atoms.